The maximum absolute atomic E-state index is 12.4. The second-order valence-corrected chi connectivity index (χ2v) is 7.39. The molecule has 0 bridgehead atoms. The number of nitrogens with one attached hydrogen (secondary N) is 1. The number of amides is 1. The van der Waals surface area contributed by atoms with Gasteiger partial charge in [-0.05, 0) is 44.9 Å². The number of aromatic nitrogens is 2. The van der Waals surface area contributed by atoms with E-state index in [-0.39, 0.29) is 5.91 Å². The Morgan fingerprint density at radius 1 is 1.20 bits per heavy atom. The highest BCUT2D eigenvalue weighted by Gasteiger charge is 2.15. The van der Waals surface area contributed by atoms with Gasteiger partial charge in [0.25, 0.3) is 0 Å². The molecule has 0 atom stereocenters. The van der Waals surface area contributed by atoms with Crippen molar-refractivity contribution in [1.82, 2.24) is 14.9 Å². The predicted octanol–water partition coefficient (Wildman–Crippen LogP) is 4.16. The molecule has 0 fully saturated rings. The number of benzene rings is 1. The molecular weight excluding hydrogens is 330 g/mol. The molecule has 0 aliphatic rings. The molecule has 0 saturated carbocycles. The van der Waals surface area contributed by atoms with Crippen molar-refractivity contribution in [1.29, 1.82) is 0 Å². The number of nitrogens with zero attached hydrogens (tertiary/aromatic N) is 2. The Labute approximate surface area is 152 Å². The van der Waals surface area contributed by atoms with Crippen molar-refractivity contribution in [3.8, 4) is 11.3 Å². The highest BCUT2D eigenvalue weighted by molar-refractivity contribution is 7.09. The van der Waals surface area contributed by atoms with Crippen LogP contribution in [0.2, 0.25) is 0 Å². The van der Waals surface area contributed by atoms with Crippen LogP contribution >= 0.6 is 11.3 Å². The maximum Gasteiger partial charge on any atom is 0.240 e. The standard InChI is InChI=1S/C20H23N3OS/c1-13-7-5-6-8-17(13)10-21-20(24)11-23-14(2)9-18(15(23)3)19-12-25-16(4)22-19/h5-9,12H,10-11H2,1-4H3,(H,21,24). The minimum absolute atomic E-state index is 0.0195. The average Bonchev–Trinajstić information content (AvgIpc) is 3.12. The van der Waals surface area contributed by atoms with Gasteiger partial charge in [-0.3, -0.25) is 4.79 Å². The van der Waals surface area contributed by atoms with Gasteiger partial charge in [0, 0.05) is 28.9 Å². The maximum atomic E-state index is 12.4. The molecule has 0 radical (unpaired) electrons. The average molecular weight is 353 g/mol. The smallest absolute Gasteiger partial charge is 0.240 e. The zero-order valence-electron chi connectivity index (χ0n) is 15.1. The Kier molecular flexibility index (Phi) is 5.04. The summed E-state index contributed by atoms with van der Waals surface area (Å²) < 4.78 is 2.05. The molecule has 3 rings (SSSR count). The highest BCUT2D eigenvalue weighted by Crippen LogP contribution is 2.27. The van der Waals surface area contributed by atoms with Gasteiger partial charge in [0.1, 0.15) is 6.54 Å². The first-order valence-corrected chi connectivity index (χ1v) is 9.24. The molecule has 1 amide bonds. The Hall–Kier alpha value is -2.40. The lowest BCUT2D eigenvalue weighted by Gasteiger charge is -2.11. The Balaban J connectivity index is 1.71. The van der Waals surface area contributed by atoms with Gasteiger partial charge in [0.15, 0.2) is 0 Å². The zero-order valence-corrected chi connectivity index (χ0v) is 15.9. The molecule has 130 valence electrons. The molecule has 0 spiro atoms. The fourth-order valence-corrected chi connectivity index (χ4v) is 3.61. The summed E-state index contributed by atoms with van der Waals surface area (Å²) in [7, 11) is 0. The number of carbonyl (C=O) groups is 1. The van der Waals surface area contributed by atoms with E-state index in [0.717, 1.165) is 33.2 Å². The van der Waals surface area contributed by atoms with Crippen LogP contribution in [0.3, 0.4) is 0 Å². The predicted molar refractivity (Wildman–Crippen MR) is 103 cm³/mol. The van der Waals surface area contributed by atoms with E-state index >= 15 is 0 Å². The van der Waals surface area contributed by atoms with Crippen LogP contribution in [0.1, 0.15) is 27.5 Å². The first-order chi connectivity index (χ1) is 12.0. The van der Waals surface area contributed by atoms with Crippen LogP contribution in [-0.2, 0) is 17.9 Å². The van der Waals surface area contributed by atoms with Crippen molar-refractivity contribution in [3.63, 3.8) is 0 Å². The fraction of sp³-hybridized carbons (Fsp3) is 0.300. The van der Waals surface area contributed by atoms with Crippen LogP contribution in [0.4, 0.5) is 0 Å². The summed E-state index contributed by atoms with van der Waals surface area (Å²) in [6.45, 7) is 9.03. The van der Waals surface area contributed by atoms with Gasteiger partial charge in [-0.25, -0.2) is 4.98 Å². The van der Waals surface area contributed by atoms with E-state index < -0.39 is 0 Å². The number of hydrogen-bond acceptors (Lipinski definition) is 3. The van der Waals surface area contributed by atoms with Gasteiger partial charge < -0.3 is 9.88 Å². The molecule has 3 aromatic rings. The van der Waals surface area contributed by atoms with E-state index in [1.807, 2.05) is 39.0 Å². The van der Waals surface area contributed by atoms with Gasteiger partial charge in [-0.15, -0.1) is 11.3 Å². The van der Waals surface area contributed by atoms with Gasteiger partial charge in [-0.2, -0.15) is 0 Å². The normalized spacial score (nSPS) is 10.9. The van der Waals surface area contributed by atoms with E-state index in [2.05, 4.69) is 39.3 Å². The summed E-state index contributed by atoms with van der Waals surface area (Å²) in [6.07, 6.45) is 0. The molecule has 4 nitrogen and oxygen atoms in total. The zero-order chi connectivity index (χ0) is 18.0. The summed E-state index contributed by atoms with van der Waals surface area (Å²) in [5.74, 6) is 0.0195. The van der Waals surface area contributed by atoms with E-state index in [1.165, 1.54) is 5.56 Å². The van der Waals surface area contributed by atoms with Crippen LogP contribution in [-0.4, -0.2) is 15.5 Å². The lowest BCUT2D eigenvalue weighted by atomic mass is 10.1. The monoisotopic (exact) mass is 353 g/mol. The summed E-state index contributed by atoms with van der Waals surface area (Å²) >= 11 is 1.64. The summed E-state index contributed by atoms with van der Waals surface area (Å²) in [4.78, 5) is 17.0. The Morgan fingerprint density at radius 2 is 1.96 bits per heavy atom. The molecular formula is C20H23N3OS. The van der Waals surface area contributed by atoms with Crippen molar-refractivity contribution in [2.24, 2.45) is 0 Å². The molecule has 0 unspecified atom stereocenters. The molecule has 0 aliphatic heterocycles. The summed E-state index contributed by atoms with van der Waals surface area (Å²) in [5, 5.41) is 6.14. The van der Waals surface area contributed by atoms with E-state index in [9.17, 15) is 4.79 Å². The lowest BCUT2D eigenvalue weighted by Crippen LogP contribution is -2.28. The molecule has 2 aromatic heterocycles. The van der Waals surface area contributed by atoms with Gasteiger partial charge in [0.05, 0.1) is 10.7 Å². The van der Waals surface area contributed by atoms with Gasteiger partial charge >= 0.3 is 0 Å². The Morgan fingerprint density at radius 3 is 2.64 bits per heavy atom. The summed E-state index contributed by atoms with van der Waals surface area (Å²) in [6, 6.07) is 10.2. The first kappa shape index (κ1) is 17.4. The van der Waals surface area contributed by atoms with Gasteiger partial charge in [-0.1, -0.05) is 24.3 Å². The second-order valence-electron chi connectivity index (χ2n) is 6.33. The van der Waals surface area contributed by atoms with Crippen molar-refractivity contribution >= 4 is 17.2 Å². The van der Waals surface area contributed by atoms with Crippen LogP contribution in [0.5, 0.6) is 0 Å². The van der Waals surface area contributed by atoms with Crippen LogP contribution in [0.15, 0.2) is 35.7 Å². The molecule has 0 aliphatic carbocycles. The SMILES string of the molecule is Cc1nc(-c2cc(C)n(CC(=O)NCc3ccccc3C)c2C)cs1. The topological polar surface area (TPSA) is 46.9 Å². The minimum Gasteiger partial charge on any atom is -0.350 e. The van der Waals surface area contributed by atoms with Crippen LogP contribution in [0, 0.1) is 27.7 Å². The molecule has 25 heavy (non-hydrogen) atoms. The number of hydrogen-bond donors (Lipinski definition) is 1. The molecule has 0 saturated heterocycles. The molecule has 1 N–H and O–H groups in total. The third-order valence-corrected chi connectivity index (χ3v) is 5.28. The third-order valence-electron chi connectivity index (χ3n) is 4.51. The minimum atomic E-state index is 0.0195. The van der Waals surface area contributed by atoms with Crippen LogP contribution < -0.4 is 5.32 Å². The van der Waals surface area contributed by atoms with Crippen LogP contribution in [0.25, 0.3) is 11.3 Å². The highest BCUT2D eigenvalue weighted by atomic mass is 32.1. The molecule has 2 heterocycles. The second kappa shape index (κ2) is 7.23. The lowest BCUT2D eigenvalue weighted by molar-refractivity contribution is -0.121. The molecule has 5 heteroatoms. The largest absolute Gasteiger partial charge is 0.350 e. The van der Waals surface area contributed by atoms with Crippen molar-refractivity contribution in [2.45, 2.75) is 40.8 Å². The van der Waals surface area contributed by atoms with Crippen molar-refractivity contribution in [2.75, 3.05) is 0 Å². The summed E-state index contributed by atoms with van der Waals surface area (Å²) in [5.41, 5.74) is 6.58. The third kappa shape index (κ3) is 3.82. The van der Waals surface area contributed by atoms with Crippen molar-refractivity contribution < 1.29 is 4.79 Å². The van der Waals surface area contributed by atoms with E-state index in [4.69, 9.17) is 0 Å². The van der Waals surface area contributed by atoms with E-state index in [1.54, 1.807) is 11.3 Å². The number of thiazole rings is 1. The Bertz CT molecular complexity index is 908. The number of rotatable bonds is 5. The fourth-order valence-electron chi connectivity index (χ4n) is 2.99. The number of aryl methyl sites for hydroxylation is 3. The van der Waals surface area contributed by atoms with E-state index in [0.29, 0.717) is 13.1 Å². The first-order valence-electron chi connectivity index (χ1n) is 8.36. The number of carbonyl (C=O) groups excluding carboxylic acids is 1. The quantitative estimate of drug-likeness (QED) is 0.748. The van der Waals surface area contributed by atoms with Gasteiger partial charge in [0.2, 0.25) is 5.91 Å². The van der Waals surface area contributed by atoms with Crippen molar-refractivity contribution in [3.05, 3.63) is 63.2 Å². The molecule has 1 aromatic carbocycles.